The average Bonchev–Trinajstić information content (AvgIpc) is 2.52. The van der Waals surface area contributed by atoms with Crippen LogP contribution in [0.3, 0.4) is 0 Å². The highest BCUT2D eigenvalue weighted by Crippen LogP contribution is 2.21. The summed E-state index contributed by atoms with van der Waals surface area (Å²) >= 11 is 6.03. The predicted octanol–water partition coefficient (Wildman–Crippen LogP) is 2.36. The molecule has 2 N–H and O–H groups in total. The fourth-order valence-corrected chi connectivity index (χ4v) is 2.84. The number of carbonyl (C=O) groups excluding carboxylic acids is 1. The van der Waals surface area contributed by atoms with Gasteiger partial charge in [-0.25, -0.2) is 0 Å². The van der Waals surface area contributed by atoms with Crippen molar-refractivity contribution >= 4 is 23.2 Å². The van der Waals surface area contributed by atoms with Crippen LogP contribution in [0.2, 0.25) is 5.02 Å². The van der Waals surface area contributed by atoms with Crippen molar-refractivity contribution in [2.24, 2.45) is 11.7 Å². The smallest absolute Gasteiger partial charge is 0.223 e. The number of nitrogens with two attached hydrogens (primary N) is 1. The van der Waals surface area contributed by atoms with E-state index < -0.39 is 0 Å². The van der Waals surface area contributed by atoms with Crippen molar-refractivity contribution < 1.29 is 4.79 Å². The van der Waals surface area contributed by atoms with Gasteiger partial charge in [0.1, 0.15) is 0 Å². The minimum atomic E-state index is 0.234. The molecule has 4 nitrogen and oxygen atoms in total. The molecular weight excluding hydrogens is 286 g/mol. The molecule has 0 bridgehead atoms. The zero-order valence-corrected chi connectivity index (χ0v) is 13.4. The molecule has 1 amide bonds. The first-order valence-corrected chi connectivity index (χ1v) is 8.00. The number of halogens is 1. The molecule has 2 rings (SSSR count). The SMILES string of the molecule is CCC(CN)CC(=O)N1CCN(c2cccc(Cl)c2)CC1. The predicted molar refractivity (Wildman–Crippen MR) is 87.7 cm³/mol. The fourth-order valence-electron chi connectivity index (χ4n) is 2.66. The van der Waals surface area contributed by atoms with Gasteiger partial charge in [-0.1, -0.05) is 31.0 Å². The first-order valence-electron chi connectivity index (χ1n) is 7.62. The number of piperazine rings is 1. The minimum Gasteiger partial charge on any atom is -0.368 e. The summed E-state index contributed by atoms with van der Waals surface area (Å²) in [5, 5.41) is 0.750. The summed E-state index contributed by atoms with van der Waals surface area (Å²) in [7, 11) is 0. The van der Waals surface area contributed by atoms with Gasteiger partial charge in [0.2, 0.25) is 5.91 Å². The molecule has 1 aromatic rings. The number of nitrogens with zero attached hydrogens (tertiary/aromatic N) is 2. The molecule has 1 heterocycles. The van der Waals surface area contributed by atoms with Crippen LogP contribution in [-0.4, -0.2) is 43.5 Å². The Balaban J connectivity index is 1.87. The zero-order chi connectivity index (χ0) is 15.2. The van der Waals surface area contributed by atoms with E-state index in [0.29, 0.717) is 18.9 Å². The lowest BCUT2D eigenvalue weighted by Gasteiger charge is -2.36. The van der Waals surface area contributed by atoms with Gasteiger partial charge >= 0.3 is 0 Å². The molecule has 21 heavy (non-hydrogen) atoms. The number of benzene rings is 1. The van der Waals surface area contributed by atoms with Gasteiger partial charge in [-0.2, -0.15) is 0 Å². The molecule has 1 aliphatic heterocycles. The van der Waals surface area contributed by atoms with Crippen LogP contribution >= 0.6 is 11.6 Å². The lowest BCUT2D eigenvalue weighted by atomic mass is 10.0. The van der Waals surface area contributed by atoms with E-state index in [9.17, 15) is 4.79 Å². The molecule has 1 unspecified atom stereocenters. The van der Waals surface area contributed by atoms with Crippen molar-refractivity contribution in [2.45, 2.75) is 19.8 Å². The van der Waals surface area contributed by atoms with E-state index in [1.54, 1.807) is 0 Å². The zero-order valence-electron chi connectivity index (χ0n) is 12.6. The number of hydrogen-bond acceptors (Lipinski definition) is 3. The van der Waals surface area contributed by atoms with Crippen LogP contribution < -0.4 is 10.6 Å². The molecular formula is C16H24ClN3O. The maximum atomic E-state index is 12.3. The van der Waals surface area contributed by atoms with Crippen molar-refractivity contribution in [3.05, 3.63) is 29.3 Å². The first-order chi connectivity index (χ1) is 10.1. The molecule has 5 heteroatoms. The standard InChI is InChI=1S/C16H24ClN3O/c1-2-13(12-18)10-16(21)20-8-6-19(7-9-20)15-5-3-4-14(17)11-15/h3-5,11,13H,2,6-10,12,18H2,1H3. The van der Waals surface area contributed by atoms with Gasteiger partial charge in [0.05, 0.1) is 0 Å². The molecule has 1 aliphatic rings. The van der Waals surface area contributed by atoms with E-state index in [1.807, 2.05) is 23.1 Å². The Bertz CT molecular complexity index is 468. The molecule has 1 fully saturated rings. The number of anilines is 1. The fraction of sp³-hybridized carbons (Fsp3) is 0.562. The maximum Gasteiger partial charge on any atom is 0.223 e. The summed E-state index contributed by atoms with van der Waals surface area (Å²) < 4.78 is 0. The van der Waals surface area contributed by atoms with Gasteiger partial charge in [0.15, 0.2) is 0 Å². The van der Waals surface area contributed by atoms with E-state index in [0.717, 1.165) is 43.3 Å². The molecule has 0 aliphatic carbocycles. The third-order valence-electron chi connectivity index (χ3n) is 4.18. The molecule has 1 atom stereocenters. The van der Waals surface area contributed by atoms with Gasteiger partial charge in [0, 0.05) is 43.3 Å². The monoisotopic (exact) mass is 309 g/mol. The molecule has 1 aromatic carbocycles. The van der Waals surface area contributed by atoms with Crippen molar-refractivity contribution in [1.29, 1.82) is 0 Å². The average molecular weight is 310 g/mol. The number of hydrogen-bond donors (Lipinski definition) is 1. The summed E-state index contributed by atoms with van der Waals surface area (Å²) in [6.07, 6.45) is 1.54. The molecule has 116 valence electrons. The van der Waals surface area contributed by atoms with E-state index in [2.05, 4.69) is 17.9 Å². The van der Waals surface area contributed by atoms with Crippen LogP contribution in [0.1, 0.15) is 19.8 Å². The number of carbonyl (C=O) groups is 1. The van der Waals surface area contributed by atoms with E-state index in [-0.39, 0.29) is 5.91 Å². The summed E-state index contributed by atoms with van der Waals surface area (Å²) in [6.45, 7) is 5.92. The summed E-state index contributed by atoms with van der Waals surface area (Å²) in [4.78, 5) is 16.5. The van der Waals surface area contributed by atoms with Crippen LogP contribution in [-0.2, 0) is 4.79 Å². The topological polar surface area (TPSA) is 49.6 Å². The van der Waals surface area contributed by atoms with E-state index in [1.165, 1.54) is 0 Å². The summed E-state index contributed by atoms with van der Waals surface area (Å²) in [6, 6.07) is 7.87. The highest BCUT2D eigenvalue weighted by Gasteiger charge is 2.22. The van der Waals surface area contributed by atoms with E-state index in [4.69, 9.17) is 17.3 Å². The second kappa shape index (κ2) is 7.66. The highest BCUT2D eigenvalue weighted by atomic mass is 35.5. The Kier molecular flexibility index (Phi) is 5.88. The van der Waals surface area contributed by atoms with Crippen LogP contribution in [0.5, 0.6) is 0 Å². The van der Waals surface area contributed by atoms with Gasteiger partial charge in [-0.3, -0.25) is 4.79 Å². The van der Waals surface area contributed by atoms with Gasteiger partial charge in [-0.15, -0.1) is 0 Å². The van der Waals surface area contributed by atoms with Crippen LogP contribution in [0.25, 0.3) is 0 Å². The normalized spacial score (nSPS) is 16.9. The van der Waals surface area contributed by atoms with Crippen LogP contribution in [0.15, 0.2) is 24.3 Å². The number of rotatable bonds is 5. The second-order valence-corrected chi connectivity index (χ2v) is 6.00. The first kappa shape index (κ1) is 16.1. The molecule has 0 aromatic heterocycles. The minimum absolute atomic E-state index is 0.234. The van der Waals surface area contributed by atoms with Crippen LogP contribution in [0.4, 0.5) is 5.69 Å². The van der Waals surface area contributed by atoms with E-state index >= 15 is 0 Å². The quantitative estimate of drug-likeness (QED) is 0.908. The number of amides is 1. The summed E-state index contributed by atoms with van der Waals surface area (Å²) in [5.74, 6) is 0.543. The Morgan fingerprint density at radius 1 is 1.33 bits per heavy atom. The molecule has 0 spiro atoms. The second-order valence-electron chi connectivity index (χ2n) is 5.56. The Morgan fingerprint density at radius 2 is 2.05 bits per heavy atom. The van der Waals surface area contributed by atoms with Gasteiger partial charge < -0.3 is 15.5 Å². The van der Waals surface area contributed by atoms with Crippen molar-refractivity contribution in [1.82, 2.24) is 4.90 Å². The van der Waals surface area contributed by atoms with Gasteiger partial charge in [0.25, 0.3) is 0 Å². The Hall–Kier alpha value is -1.26. The van der Waals surface area contributed by atoms with Crippen molar-refractivity contribution in [3.8, 4) is 0 Å². The van der Waals surface area contributed by atoms with Crippen LogP contribution in [0, 0.1) is 5.92 Å². The summed E-state index contributed by atoms with van der Waals surface area (Å²) in [5.41, 5.74) is 6.81. The lowest BCUT2D eigenvalue weighted by Crippen LogP contribution is -2.49. The lowest BCUT2D eigenvalue weighted by molar-refractivity contribution is -0.132. The third kappa shape index (κ3) is 4.35. The Morgan fingerprint density at radius 3 is 2.62 bits per heavy atom. The maximum absolute atomic E-state index is 12.3. The van der Waals surface area contributed by atoms with Crippen molar-refractivity contribution in [2.75, 3.05) is 37.6 Å². The third-order valence-corrected chi connectivity index (χ3v) is 4.41. The highest BCUT2D eigenvalue weighted by molar-refractivity contribution is 6.30. The Labute approximate surface area is 131 Å². The van der Waals surface area contributed by atoms with Gasteiger partial charge in [-0.05, 0) is 30.7 Å². The molecule has 0 saturated carbocycles. The largest absolute Gasteiger partial charge is 0.368 e. The van der Waals surface area contributed by atoms with Crippen molar-refractivity contribution in [3.63, 3.8) is 0 Å². The molecule has 1 saturated heterocycles. The molecule has 0 radical (unpaired) electrons.